The van der Waals surface area contributed by atoms with Crippen LogP contribution in [0.3, 0.4) is 0 Å². The Bertz CT molecular complexity index is 876. The summed E-state index contributed by atoms with van der Waals surface area (Å²) in [4.78, 5) is 4.62. The van der Waals surface area contributed by atoms with Crippen LogP contribution in [0.1, 0.15) is 33.6 Å². The van der Waals surface area contributed by atoms with E-state index < -0.39 is 0 Å². The third-order valence-corrected chi connectivity index (χ3v) is 4.32. The van der Waals surface area contributed by atoms with Gasteiger partial charge in [-0.1, -0.05) is 23.8 Å². The molecule has 0 aliphatic rings. The van der Waals surface area contributed by atoms with Crippen molar-refractivity contribution in [2.24, 2.45) is 4.99 Å². The van der Waals surface area contributed by atoms with E-state index in [0.717, 1.165) is 11.3 Å². The summed E-state index contributed by atoms with van der Waals surface area (Å²) in [5.41, 5.74) is 9.62. The molecule has 0 aliphatic heterocycles. The minimum Gasteiger partial charge on any atom is -0.318 e. The van der Waals surface area contributed by atoms with Crippen molar-refractivity contribution < 1.29 is 0 Å². The van der Waals surface area contributed by atoms with Crippen LogP contribution in [0.2, 0.25) is 0 Å². The zero-order valence-corrected chi connectivity index (χ0v) is 15.1. The Kier molecular flexibility index (Phi) is 4.39. The van der Waals surface area contributed by atoms with Crippen LogP contribution in [0.15, 0.2) is 53.5 Å². The molecule has 0 N–H and O–H groups in total. The lowest BCUT2D eigenvalue weighted by Crippen LogP contribution is -2.00. The quantitative estimate of drug-likeness (QED) is 0.546. The predicted octanol–water partition coefficient (Wildman–Crippen LogP) is 5.77. The number of hydrogen-bond donors (Lipinski definition) is 0. The van der Waals surface area contributed by atoms with Crippen molar-refractivity contribution in [1.82, 2.24) is 4.57 Å². The van der Waals surface area contributed by atoms with Crippen LogP contribution in [0, 0.1) is 34.6 Å². The minimum absolute atomic E-state index is 0.983. The molecule has 0 bridgehead atoms. The van der Waals surface area contributed by atoms with Gasteiger partial charge in [-0.3, -0.25) is 4.99 Å². The van der Waals surface area contributed by atoms with Gasteiger partial charge in [-0.2, -0.15) is 0 Å². The molecule has 0 radical (unpaired) electrons. The van der Waals surface area contributed by atoms with Gasteiger partial charge in [-0.05, 0) is 76.1 Å². The topological polar surface area (TPSA) is 17.3 Å². The number of hydrogen-bond acceptors (Lipinski definition) is 1. The maximum atomic E-state index is 4.62. The molecule has 122 valence electrons. The molecule has 0 aliphatic carbocycles. The lowest BCUT2D eigenvalue weighted by molar-refractivity contribution is 0.960. The summed E-state index contributed by atoms with van der Waals surface area (Å²) in [6.07, 6.45) is 1.96. The summed E-state index contributed by atoms with van der Waals surface area (Å²) >= 11 is 0. The summed E-state index contributed by atoms with van der Waals surface area (Å²) in [6.45, 7) is 10.7. The molecule has 0 spiro atoms. The smallest absolute Gasteiger partial charge is 0.0630 e. The Balaban J connectivity index is 1.98. The molecule has 3 aromatic rings. The molecule has 0 fully saturated rings. The van der Waals surface area contributed by atoms with Gasteiger partial charge in [0, 0.05) is 28.9 Å². The predicted molar refractivity (Wildman–Crippen MR) is 103 cm³/mol. The number of rotatable bonds is 3. The summed E-state index contributed by atoms with van der Waals surface area (Å²) in [5.74, 6) is 0. The standard InChI is InChI=1S/C22H24N2/c1-15-6-8-21(9-7-15)23-14-20-13-18(4)24(19(20)5)22-11-16(2)10-17(3)12-22/h6-14H,1-5H3. The van der Waals surface area contributed by atoms with Crippen LogP contribution in [-0.4, -0.2) is 10.8 Å². The molecule has 0 amide bonds. The fourth-order valence-corrected chi connectivity index (χ4v) is 3.17. The van der Waals surface area contributed by atoms with Crippen molar-refractivity contribution in [3.8, 4) is 5.69 Å². The zero-order chi connectivity index (χ0) is 17.3. The van der Waals surface area contributed by atoms with Crippen LogP contribution >= 0.6 is 0 Å². The van der Waals surface area contributed by atoms with Gasteiger partial charge in [0.1, 0.15) is 0 Å². The van der Waals surface area contributed by atoms with E-state index in [0.29, 0.717) is 0 Å². The van der Waals surface area contributed by atoms with E-state index in [1.165, 1.54) is 33.8 Å². The van der Waals surface area contributed by atoms with Gasteiger partial charge in [-0.15, -0.1) is 0 Å². The molecule has 2 heteroatoms. The molecule has 2 aromatic carbocycles. The van der Waals surface area contributed by atoms with Crippen molar-refractivity contribution in [3.63, 3.8) is 0 Å². The van der Waals surface area contributed by atoms with Crippen LogP contribution in [-0.2, 0) is 0 Å². The van der Waals surface area contributed by atoms with E-state index in [1.807, 2.05) is 6.21 Å². The first-order valence-electron chi connectivity index (χ1n) is 8.32. The van der Waals surface area contributed by atoms with E-state index in [9.17, 15) is 0 Å². The van der Waals surface area contributed by atoms with E-state index in [-0.39, 0.29) is 0 Å². The molecule has 24 heavy (non-hydrogen) atoms. The average Bonchev–Trinajstić information content (AvgIpc) is 2.80. The van der Waals surface area contributed by atoms with Gasteiger partial charge >= 0.3 is 0 Å². The largest absolute Gasteiger partial charge is 0.318 e. The lowest BCUT2D eigenvalue weighted by Gasteiger charge is -2.11. The maximum Gasteiger partial charge on any atom is 0.0630 e. The minimum atomic E-state index is 0.983. The number of aryl methyl sites for hydroxylation is 4. The summed E-state index contributed by atoms with van der Waals surface area (Å²) < 4.78 is 2.30. The van der Waals surface area contributed by atoms with Gasteiger partial charge in [-0.25, -0.2) is 0 Å². The third-order valence-electron chi connectivity index (χ3n) is 4.32. The Labute approximate surface area is 144 Å². The average molecular weight is 316 g/mol. The normalized spacial score (nSPS) is 11.4. The van der Waals surface area contributed by atoms with E-state index in [2.05, 4.69) is 92.7 Å². The second kappa shape index (κ2) is 6.48. The summed E-state index contributed by atoms with van der Waals surface area (Å²) in [6, 6.07) is 17.1. The number of aromatic nitrogens is 1. The van der Waals surface area contributed by atoms with Crippen molar-refractivity contribution in [2.45, 2.75) is 34.6 Å². The van der Waals surface area contributed by atoms with Crippen LogP contribution in [0.5, 0.6) is 0 Å². The van der Waals surface area contributed by atoms with Gasteiger partial charge in [0.15, 0.2) is 0 Å². The molecular formula is C22H24N2. The monoisotopic (exact) mass is 316 g/mol. The molecule has 0 atom stereocenters. The summed E-state index contributed by atoms with van der Waals surface area (Å²) in [7, 11) is 0. The number of aliphatic imine (C=N–C) groups is 1. The van der Waals surface area contributed by atoms with Crippen molar-refractivity contribution >= 4 is 11.9 Å². The Morgan fingerprint density at radius 3 is 2.00 bits per heavy atom. The third kappa shape index (κ3) is 3.33. The van der Waals surface area contributed by atoms with Gasteiger partial charge in [0.05, 0.1) is 5.69 Å². The molecule has 0 saturated carbocycles. The highest BCUT2D eigenvalue weighted by Gasteiger charge is 2.10. The van der Waals surface area contributed by atoms with E-state index >= 15 is 0 Å². The Morgan fingerprint density at radius 1 is 0.750 bits per heavy atom. The van der Waals surface area contributed by atoms with Gasteiger partial charge in [0.2, 0.25) is 0 Å². The fourth-order valence-electron chi connectivity index (χ4n) is 3.17. The zero-order valence-electron chi connectivity index (χ0n) is 15.1. The highest BCUT2D eigenvalue weighted by Crippen LogP contribution is 2.22. The number of benzene rings is 2. The van der Waals surface area contributed by atoms with Crippen LogP contribution in [0.25, 0.3) is 5.69 Å². The molecular weight excluding hydrogens is 292 g/mol. The number of nitrogens with zero attached hydrogens (tertiary/aromatic N) is 2. The van der Waals surface area contributed by atoms with Crippen molar-refractivity contribution in [3.05, 3.63) is 82.2 Å². The highest BCUT2D eigenvalue weighted by molar-refractivity contribution is 5.84. The van der Waals surface area contributed by atoms with Crippen LogP contribution < -0.4 is 0 Å². The molecule has 3 rings (SSSR count). The van der Waals surface area contributed by atoms with Gasteiger partial charge in [0.25, 0.3) is 0 Å². The van der Waals surface area contributed by atoms with Gasteiger partial charge < -0.3 is 4.57 Å². The second-order valence-electron chi connectivity index (χ2n) is 6.60. The first-order chi connectivity index (χ1) is 11.4. The molecule has 0 saturated heterocycles. The lowest BCUT2D eigenvalue weighted by atomic mass is 10.1. The Morgan fingerprint density at radius 2 is 1.38 bits per heavy atom. The molecule has 1 aromatic heterocycles. The highest BCUT2D eigenvalue weighted by atomic mass is 15.0. The maximum absolute atomic E-state index is 4.62. The fraction of sp³-hybridized carbons (Fsp3) is 0.227. The van der Waals surface area contributed by atoms with E-state index in [1.54, 1.807) is 0 Å². The molecule has 1 heterocycles. The SMILES string of the molecule is Cc1ccc(N=Cc2cc(C)n(-c3cc(C)cc(C)c3)c2C)cc1. The first kappa shape index (κ1) is 16.3. The van der Waals surface area contributed by atoms with Crippen LogP contribution in [0.4, 0.5) is 5.69 Å². The first-order valence-corrected chi connectivity index (χ1v) is 8.32. The molecule has 0 unspecified atom stereocenters. The van der Waals surface area contributed by atoms with Crippen molar-refractivity contribution in [2.75, 3.05) is 0 Å². The van der Waals surface area contributed by atoms with E-state index in [4.69, 9.17) is 0 Å². The summed E-state index contributed by atoms with van der Waals surface area (Å²) in [5, 5.41) is 0. The Hall–Kier alpha value is -2.61. The van der Waals surface area contributed by atoms with Crippen molar-refractivity contribution in [1.29, 1.82) is 0 Å². The molecule has 2 nitrogen and oxygen atoms in total. The second-order valence-corrected chi connectivity index (χ2v) is 6.60.